The predicted molar refractivity (Wildman–Crippen MR) is 76.4 cm³/mol. The van der Waals surface area contributed by atoms with Crippen LogP contribution in [0.15, 0.2) is 12.4 Å². The van der Waals surface area contributed by atoms with Crippen LogP contribution >= 0.6 is 0 Å². The molecule has 1 heterocycles. The zero-order chi connectivity index (χ0) is 13.9. The average Bonchev–Trinajstić information content (AvgIpc) is 3.09. The summed E-state index contributed by atoms with van der Waals surface area (Å²) in [7, 11) is 0. The molecule has 4 heteroatoms. The number of rotatable bonds is 6. The molecule has 0 unspecified atom stereocenters. The molecule has 1 fully saturated rings. The third-order valence-electron chi connectivity index (χ3n) is 4.44. The van der Waals surface area contributed by atoms with Crippen molar-refractivity contribution >= 4 is 5.78 Å². The van der Waals surface area contributed by atoms with Crippen molar-refractivity contribution < 1.29 is 4.79 Å². The number of nitrogens with zero attached hydrogens (tertiary/aromatic N) is 3. The van der Waals surface area contributed by atoms with Gasteiger partial charge in [0.2, 0.25) is 0 Å². The molecule has 19 heavy (non-hydrogen) atoms. The Kier molecular flexibility index (Phi) is 4.40. The molecule has 1 saturated carbocycles. The lowest BCUT2D eigenvalue weighted by atomic mass is 9.86. The Hall–Kier alpha value is -1.16. The van der Waals surface area contributed by atoms with Gasteiger partial charge in [-0.05, 0) is 32.9 Å². The summed E-state index contributed by atoms with van der Waals surface area (Å²) in [4.78, 5) is 15.3. The van der Waals surface area contributed by atoms with Crippen LogP contribution in [0.4, 0.5) is 0 Å². The smallest absolute Gasteiger partial charge is 0.186 e. The van der Waals surface area contributed by atoms with E-state index in [2.05, 4.69) is 23.8 Å². The molecular formula is C15H25N3O. The molecular weight excluding hydrogens is 238 g/mol. The van der Waals surface area contributed by atoms with Crippen LogP contribution in [0, 0.1) is 0 Å². The minimum absolute atomic E-state index is 0.272. The predicted octanol–water partition coefficient (Wildman–Crippen LogP) is 2.74. The van der Waals surface area contributed by atoms with Crippen LogP contribution in [0.25, 0.3) is 0 Å². The second-order valence-corrected chi connectivity index (χ2v) is 5.32. The van der Waals surface area contributed by atoms with Crippen molar-refractivity contribution in [2.75, 3.05) is 13.1 Å². The summed E-state index contributed by atoms with van der Waals surface area (Å²) in [6, 6.07) is 0. The van der Waals surface area contributed by atoms with E-state index in [1.807, 2.05) is 17.8 Å². The Morgan fingerprint density at radius 3 is 2.42 bits per heavy atom. The van der Waals surface area contributed by atoms with Gasteiger partial charge in [-0.2, -0.15) is 5.10 Å². The Morgan fingerprint density at radius 1 is 1.32 bits per heavy atom. The van der Waals surface area contributed by atoms with Crippen LogP contribution in [0.1, 0.15) is 56.8 Å². The van der Waals surface area contributed by atoms with Crippen LogP contribution in [0.2, 0.25) is 0 Å². The fourth-order valence-electron chi connectivity index (χ4n) is 3.40. The number of ketones is 1. The van der Waals surface area contributed by atoms with Crippen molar-refractivity contribution in [2.45, 2.75) is 58.5 Å². The summed E-state index contributed by atoms with van der Waals surface area (Å²) < 4.78 is 1.83. The fourth-order valence-corrected chi connectivity index (χ4v) is 3.40. The average molecular weight is 263 g/mol. The van der Waals surface area contributed by atoms with Gasteiger partial charge in [0.15, 0.2) is 5.78 Å². The number of hydrogen-bond acceptors (Lipinski definition) is 3. The molecule has 0 aliphatic heterocycles. The molecule has 0 saturated heterocycles. The van der Waals surface area contributed by atoms with Crippen LogP contribution < -0.4 is 0 Å². The first-order valence-corrected chi connectivity index (χ1v) is 7.50. The van der Waals surface area contributed by atoms with Gasteiger partial charge in [-0.25, -0.2) is 0 Å². The molecule has 4 nitrogen and oxygen atoms in total. The standard InChI is InChI=1S/C15H25N3O/c1-4-17(5-2)15(9-7-8-10-15)14(19)13-11-16-18(6-3)12-13/h11-12H,4-10H2,1-3H3. The van der Waals surface area contributed by atoms with Gasteiger partial charge in [0, 0.05) is 12.7 Å². The summed E-state index contributed by atoms with van der Waals surface area (Å²) in [6.07, 6.45) is 7.92. The van der Waals surface area contributed by atoms with Crippen molar-refractivity contribution in [1.82, 2.24) is 14.7 Å². The second kappa shape index (κ2) is 5.87. The lowest BCUT2D eigenvalue weighted by Crippen LogP contribution is -2.52. The van der Waals surface area contributed by atoms with Gasteiger partial charge < -0.3 is 0 Å². The highest BCUT2D eigenvalue weighted by Gasteiger charge is 2.45. The number of hydrogen-bond donors (Lipinski definition) is 0. The quantitative estimate of drug-likeness (QED) is 0.741. The van der Waals surface area contributed by atoms with E-state index in [-0.39, 0.29) is 11.3 Å². The summed E-state index contributed by atoms with van der Waals surface area (Å²) in [6.45, 7) is 9.01. The Morgan fingerprint density at radius 2 is 1.95 bits per heavy atom. The van der Waals surface area contributed by atoms with Gasteiger partial charge in [-0.15, -0.1) is 0 Å². The van der Waals surface area contributed by atoms with Gasteiger partial charge in [0.1, 0.15) is 0 Å². The molecule has 1 aliphatic rings. The minimum atomic E-state index is -0.273. The lowest BCUT2D eigenvalue weighted by molar-refractivity contribution is 0.0584. The summed E-state index contributed by atoms with van der Waals surface area (Å²) in [5.41, 5.74) is 0.501. The molecule has 0 spiro atoms. The van der Waals surface area contributed by atoms with E-state index in [4.69, 9.17) is 0 Å². The summed E-state index contributed by atoms with van der Waals surface area (Å²) in [5.74, 6) is 0.272. The highest BCUT2D eigenvalue weighted by Crippen LogP contribution is 2.37. The molecule has 0 N–H and O–H groups in total. The van der Waals surface area contributed by atoms with Crippen molar-refractivity contribution in [3.05, 3.63) is 18.0 Å². The van der Waals surface area contributed by atoms with Crippen LogP contribution in [0.5, 0.6) is 0 Å². The molecule has 0 bridgehead atoms. The Balaban J connectivity index is 2.30. The van der Waals surface area contributed by atoms with Crippen LogP contribution in [0.3, 0.4) is 0 Å². The largest absolute Gasteiger partial charge is 0.292 e. The number of aromatic nitrogens is 2. The highest BCUT2D eigenvalue weighted by atomic mass is 16.1. The number of carbonyl (C=O) groups excluding carboxylic acids is 1. The zero-order valence-corrected chi connectivity index (χ0v) is 12.4. The van der Waals surface area contributed by atoms with Gasteiger partial charge in [-0.3, -0.25) is 14.4 Å². The molecule has 106 valence electrons. The highest BCUT2D eigenvalue weighted by molar-refractivity contribution is 6.03. The third-order valence-corrected chi connectivity index (χ3v) is 4.44. The van der Waals surface area contributed by atoms with Crippen molar-refractivity contribution in [2.24, 2.45) is 0 Å². The number of aryl methyl sites for hydroxylation is 1. The summed E-state index contributed by atoms with van der Waals surface area (Å²) in [5, 5.41) is 4.25. The molecule has 0 atom stereocenters. The van der Waals surface area contributed by atoms with Gasteiger partial charge >= 0.3 is 0 Å². The topological polar surface area (TPSA) is 38.1 Å². The monoisotopic (exact) mass is 263 g/mol. The minimum Gasteiger partial charge on any atom is -0.292 e. The van der Waals surface area contributed by atoms with Crippen molar-refractivity contribution in [3.8, 4) is 0 Å². The fraction of sp³-hybridized carbons (Fsp3) is 0.733. The molecule has 2 rings (SSSR count). The Labute approximate surface area is 115 Å². The first-order chi connectivity index (χ1) is 9.17. The maximum absolute atomic E-state index is 13.0. The van der Waals surface area contributed by atoms with E-state index >= 15 is 0 Å². The van der Waals surface area contributed by atoms with E-state index in [0.29, 0.717) is 0 Å². The molecule has 0 amide bonds. The first kappa shape index (κ1) is 14.3. The van der Waals surface area contributed by atoms with E-state index in [1.165, 1.54) is 0 Å². The van der Waals surface area contributed by atoms with E-state index in [0.717, 1.165) is 50.9 Å². The van der Waals surface area contributed by atoms with E-state index in [1.54, 1.807) is 6.20 Å². The van der Waals surface area contributed by atoms with Gasteiger partial charge in [-0.1, -0.05) is 26.7 Å². The summed E-state index contributed by atoms with van der Waals surface area (Å²) >= 11 is 0. The molecule has 1 aromatic heterocycles. The lowest BCUT2D eigenvalue weighted by Gasteiger charge is -2.38. The van der Waals surface area contributed by atoms with Gasteiger partial charge in [0.25, 0.3) is 0 Å². The second-order valence-electron chi connectivity index (χ2n) is 5.32. The van der Waals surface area contributed by atoms with Crippen LogP contribution in [-0.4, -0.2) is 39.1 Å². The maximum Gasteiger partial charge on any atom is 0.186 e. The van der Waals surface area contributed by atoms with E-state index < -0.39 is 0 Å². The molecule has 1 aliphatic carbocycles. The normalized spacial score (nSPS) is 18.1. The maximum atomic E-state index is 13.0. The van der Waals surface area contributed by atoms with Crippen LogP contribution in [-0.2, 0) is 6.54 Å². The zero-order valence-electron chi connectivity index (χ0n) is 12.4. The SMILES string of the molecule is CCN(CC)C1(C(=O)c2cnn(CC)c2)CCCC1. The number of Topliss-reactive ketones (excluding diaryl/α,β-unsaturated/α-hetero) is 1. The van der Waals surface area contributed by atoms with Crippen molar-refractivity contribution in [1.29, 1.82) is 0 Å². The number of likely N-dealkylation sites (N-methyl/N-ethyl adjacent to an activating group) is 1. The third kappa shape index (κ3) is 2.46. The number of carbonyl (C=O) groups is 1. The molecule has 1 aromatic rings. The van der Waals surface area contributed by atoms with Crippen molar-refractivity contribution in [3.63, 3.8) is 0 Å². The Bertz CT molecular complexity index is 428. The van der Waals surface area contributed by atoms with E-state index in [9.17, 15) is 4.79 Å². The molecule has 0 aromatic carbocycles. The van der Waals surface area contributed by atoms with Gasteiger partial charge in [0.05, 0.1) is 17.3 Å². The molecule has 0 radical (unpaired) electrons. The first-order valence-electron chi connectivity index (χ1n) is 7.50.